The van der Waals surface area contributed by atoms with Gasteiger partial charge >= 0.3 is 5.69 Å². The van der Waals surface area contributed by atoms with Crippen LogP contribution >= 0.6 is 0 Å². The maximum Gasteiger partial charge on any atom is 0.348 e. The van der Waals surface area contributed by atoms with Crippen LogP contribution in [0.15, 0.2) is 17.2 Å². The van der Waals surface area contributed by atoms with Crippen LogP contribution in [0.3, 0.4) is 0 Å². The molecule has 2 aromatic rings. The van der Waals surface area contributed by atoms with Crippen LogP contribution in [0.4, 0.5) is 0 Å². The lowest BCUT2D eigenvalue weighted by Gasteiger charge is -2.10. The van der Waals surface area contributed by atoms with Crippen molar-refractivity contribution in [2.24, 2.45) is 0 Å². The van der Waals surface area contributed by atoms with Crippen LogP contribution in [-0.4, -0.2) is 39.3 Å². The van der Waals surface area contributed by atoms with Crippen molar-refractivity contribution in [3.05, 3.63) is 22.9 Å². The highest BCUT2D eigenvalue weighted by Crippen LogP contribution is 2.26. The first kappa shape index (κ1) is 13.3. The van der Waals surface area contributed by atoms with Gasteiger partial charge in [-0.3, -0.25) is 9.25 Å². The van der Waals surface area contributed by atoms with Crippen LogP contribution in [-0.2, 0) is 16.4 Å². The van der Waals surface area contributed by atoms with Gasteiger partial charge in [0.2, 0.25) is 0 Å². The lowest BCUT2D eigenvalue weighted by atomic mass is 10.2. The molecule has 1 atom stereocenters. The fourth-order valence-electron chi connectivity index (χ4n) is 2.68. The van der Waals surface area contributed by atoms with Crippen molar-refractivity contribution >= 4 is 20.9 Å². The monoisotopic (exact) mass is 296 g/mol. The minimum Gasteiger partial charge on any atom is -0.289 e. The summed E-state index contributed by atoms with van der Waals surface area (Å²) in [6.07, 6.45) is 4.50. The molecule has 0 saturated carbocycles. The van der Waals surface area contributed by atoms with E-state index in [4.69, 9.17) is 0 Å². The molecule has 0 spiro atoms. The Morgan fingerprint density at radius 3 is 2.80 bits per heavy atom. The molecule has 2 aromatic heterocycles. The Labute approximate surface area is 116 Å². The van der Waals surface area contributed by atoms with Crippen molar-refractivity contribution in [3.63, 3.8) is 0 Å². The highest BCUT2D eigenvalue weighted by molar-refractivity contribution is 7.91. The molecule has 1 aliphatic heterocycles. The first-order valence-electron chi connectivity index (χ1n) is 6.65. The molecule has 0 radical (unpaired) electrons. The van der Waals surface area contributed by atoms with Gasteiger partial charge in [0.1, 0.15) is 5.52 Å². The number of aryl methyl sites for hydroxylation is 1. The lowest BCUT2D eigenvalue weighted by molar-refractivity contribution is 0.515. The fraction of sp³-hybridized carbons (Fsp3) is 0.583. The van der Waals surface area contributed by atoms with E-state index in [0.29, 0.717) is 13.0 Å². The maximum absolute atomic E-state index is 11.8. The zero-order valence-corrected chi connectivity index (χ0v) is 12.0. The number of nitrogens with zero attached hydrogens (tertiary/aromatic N) is 4. The molecule has 1 saturated heterocycles. The van der Waals surface area contributed by atoms with E-state index in [1.165, 1.54) is 6.20 Å². The van der Waals surface area contributed by atoms with Gasteiger partial charge in [0.25, 0.3) is 0 Å². The Morgan fingerprint density at radius 2 is 2.15 bits per heavy atom. The molecule has 0 aromatic carbocycles. The van der Waals surface area contributed by atoms with Crippen molar-refractivity contribution in [3.8, 4) is 0 Å². The van der Waals surface area contributed by atoms with E-state index in [-0.39, 0.29) is 23.2 Å². The third kappa shape index (κ3) is 2.13. The molecule has 3 rings (SSSR count). The number of aromatic nitrogens is 4. The maximum atomic E-state index is 11.8. The SMILES string of the molecule is CCCn1c(=O)ncc2c1cnn2C1CCS(=O)(=O)C1. The first-order chi connectivity index (χ1) is 9.52. The standard InChI is InChI=1S/C12H16N4O3S/c1-2-4-15-10-7-14-16(11(10)6-13-12(15)17)9-3-5-20(18,19)8-9/h6-7,9H,2-5,8H2,1H3. The second-order valence-corrected chi connectivity index (χ2v) is 7.34. The average Bonchev–Trinajstić information content (AvgIpc) is 2.96. The third-order valence-electron chi connectivity index (χ3n) is 3.63. The molecule has 0 bridgehead atoms. The fourth-order valence-corrected chi connectivity index (χ4v) is 4.38. The Bertz CT molecular complexity index is 806. The van der Waals surface area contributed by atoms with Gasteiger partial charge in [0.05, 0.1) is 35.5 Å². The van der Waals surface area contributed by atoms with E-state index >= 15 is 0 Å². The number of fused-ring (bicyclic) bond motifs is 1. The summed E-state index contributed by atoms with van der Waals surface area (Å²) in [5.41, 5.74) is 1.15. The smallest absolute Gasteiger partial charge is 0.289 e. The average molecular weight is 296 g/mol. The van der Waals surface area contributed by atoms with Crippen LogP contribution in [0.1, 0.15) is 25.8 Å². The van der Waals surface area contributed by atoms with Crippen molar-refractivity contribution in [1.29, 1.82) is 0 Å². The van der Waals surface area contributed by atoms with Crippen molar-refractivity contribution in [2.75, 3.05) is 11.5 Å². The quantitative estimate of drug-likeness (QED) is 0.816. The van der Waals surface area contributed by atoms with Crippen LogP contribution in [0.5, 0.6) is 0 Å². The van der Waals surface area contributed by atoms with Crippen molar-refractivity contribution in [1.82, 2.24) is 19.3 Å². The van der Waals surface area contributed by atoms with E-state index < -0.39 is 9.84 Å². The van der Waals surface area contributed by atoms with E-state index in [1.807, 2.05) is 6.92 Å². The zero-order valence-electron chi connectivity index (χ0n) is 11.2. The lowest BCUT2D eigenvalue weighted by Crippen LogP contribution is -2.23. The van der Waals surface area contributed by atoms with Gasteiger partial charge in [0.15, 0.2) is 9.84 Å². The molecule has 3 heterocycles. The van der Waals surface area contributed by atoms with E-state index in [9.17, 15) is 13.2 Å². The summed E-state index contributed by atoms with van der Waals surface area (Å²) >= 11 is 0. The van der Waals surface area contributed by atoms with Gasteiger partial charge in [-0.25, -0.2) is 13.2 Å². The predicted octanol–water partition coefficient (Wildman–Crippen LogP) is 0.363. The molecule has 0 N–H and O–H groups in total. The zero-order chi connectivity index (χ0) is 14.3. The molecule has 1 unspecified atom stereocenters. The molecule has 1 fully saturated rings. The van der Waals surface area contributed by atoms with Crippen LogP contribution < -0.4 is 5.69 Å². The summed E-state index contributed by atoms with van der Waals surface area (Å²) in [7, 11) is -2.97. The van der Waals surface area contributed by atoms with Crippen LogP contribution in [0.2, 0.25) is 0 Å². The number of hydrogen-bond acceptors (Lipinski definition) is 5. The third-order valence-corrected chi connectivity index (χ3v) is 5.38. The van der Waals surface area contributed by atoms with E-state index in [0.717, 1.165) is 17.5 Å². The molecule has 0 aliphatic carbocycles. The molecule has 8 heteroatoms. The second kappa shape index (κ2) is 4.69. The minimum absolute atomic E-state index is 0.108. The van der Waals surface area contributed by atoms with Gasteiger partial charge in [-0.15, -0.1) is 0 Å². The first-order valence-corrected chi connectivity index (χ1v) is 8.47. The predicted molar refractivity (Wildman–Crippen MR) is 74.4 cm³/mol. The highest BCUT2D eigenvalue weighted by atomic mass is 32.2. The number of hydrogen-bond donors (Lipinski definition) is 0. The number of sulfone groups is 1. The van der Waals surface area contributed by atoms with Crippen molar-refractivity contribution < 1.29 is 8.42 Å². The Morgan fingerprint density at radius 1 is 1.35 bits per heavy atom. The summed E-state index contributed by atoms with van der Waals surface area (Å²) in [6, 6.07) is -0.160. The molecule has 20 heavy (non-hydrogen) atoms. The van der Waals surface area contributed by atoms with E-state index in [2.05, 4.69) is 10.1 Å². The topological polar surface area (TPSA) is 86.8 Å². The van der Waals surface area contributed by atoms with Crippen LogP contribution in [0.25, 0.3) is 11.0 Å². The minimum atomic E-state index is -2.97. The second-order valence-electron chi connectivity index (χ2n) is 5.11. The summed E-state index contributed by atoms with van der Waals surface area (Å²) in [5, 5.41) is 4.28. The Hall–Kier alpha value is -1.70. The van der Waals surface area contributed by atoms with Crippen LogP contribution in [0, 0.1) is 0 Å². The van der Waals surface area contributed by atoms with Crippen molar-refractivity contribution in [2.45, 2.75) is 32.4 Å². The molecular formula is C12H16N4O3S. The van der Waals surface area contributed by atoms with Gasteiger partial charge in [-0.2, -0.15) is 10.1 Å². The summed E-state index contributed by atoms with van der Waals surface area (Å²) in [4.78, 5) is 15.6. The Balaban J connectivity index is 2.11. The summed E-state index contributed by atoms with van der Waals surface area (Å²) in [5.74, 6) is 0.303. The summed E-state index contributed by atoms with van der Waals surface area (Å²) in [6.45, 7) is 2.57. The Kier molecular flexibility index (Phi) is 3.12. The van der Waals surface area contributed by atoms with Gasteiger partial charge in [-0.05, 0) is 12.8 Å². The largest absolute Gasteiger partial charge is 0.348 e. The molecular weight excluding hydrogens is 280 g/mol. The highest BCUT2D eigenvalue weighted by Gasteiger charge is 2.30. The summed E-state index contributed by atoms with van der Waals surface area (Å²) < 4.78 is 26.4. The van der Waals surface area contributed by atoms with Gasteiger partial charge < -0.3 is 0 Å². The van der Waals surface area contributed by atoms with Gasteiger partial charge in [0, 0.05) is 6.54 Å². The molecule has 7 nitrogen and oxygen atoms in total. The number of rotatable bonds is 3. The van der Waals surface area contributed by atoms with E-state index in [1.54, 1.807) is 15.4 Å². The normalized spacial score (nSPS) is 21.6. The molecule has 1 aliphatic rings. The molecule has 108 valence electrons. The molecule has 0 amide bonds. The van der Waals surface area contributed by atoms with Gasteiger partial charge in [-0.1, -0.05) is 6.92 Å².